The van der Waals surface area contributed by atoms with E-state index in [0.29, 0.717) is 48.3 Å². The third-order valence-corrected chi connectivity index (χ3v) is 7.14. The second-order valence-corrected chi connectivity index (χ2v) is 10.5. The first-order valence-electron chi connectivity index (χ1n) is 14.6. The molecule has 0 atom stereocenters. The van der Waals surface area contributed by atoms with E-state index < -0.39 is 12.5 Å². The van der Waals surface area contributed by atoms with Gasteiger partial charge in [0, 0.05) is 35.7 Å². The van der Waals surface area contributed by atoms with Crippen LogP contribution in [0.2, 0.25) is 0 Å². The third kappa shape index (κ3) is 9.43. The molecule has 43 heavy (non-hydrogen) atoms. The van der Waals surface area contributed by atoms with E-state index in [1.54, 1.807) is 42.5 Å². The number of H-pyrrole nitrogens is 1. The van der Waals surface area contributed by atoms with Crippen LogP contribution in [0, 0.1) is 0 Å². The van der Waals surface area contributed by atoms with E-state index in [2.05, 4.69) is 11.6 Å². The number of pyridine rings is 1. The molecule has 1 N–H and O–H groups in total. The van der Waals surface area contributed by atoms with Crippen molar-refractivity contribution in [1.82, 2.24) is 9.88 Å². The molecule has 0 radical (unpaired) electrons. The molecular weight excluding hydrogens is 550 g/mol. The minimum absolute atomic E-state index is 0.0412. The van der Waals surface area contributed by atoms with Crippen LogP contribution in [0.3, 0.4) is 0 Å². The fourth-order valence-corrected chi connectivity index (χ4v) is 4.89. The van der Waals surface area contributed by atoms with Crippen molar-refractivity contribution in [3.8, 4) is 5.75 Å². The number of halogens is 2. The molecule has 0 aliphatic carbocycles. The topological polar surface area (TPSA) is 71.6 Å². The summed E-state index contributed by atoms with van der Waals surface area (Å²) in [7, 11) is 0. The van der Waals surface area contributed by atoms with E-state index in [1.807, 2.05) is 35.2 Å². The lowest BCUT2D eigenvalue weighted by Crippen LogP contribution is -2.31. The van der Waals surface area contributed by atoms with Gasteiger partial charge in [0.15, 0.2) is 5.78 Å². The molecule has 0 saturated carbocycles. The van der Waals surface area contributed by atoms with Crippen molar-refractivity contribution < 1.29 is 23.0 Å². The number of nitrogens with zero attached hydrogens (tertiary/aromatic N) is 1. The molecule has 1 aromatic heterocycles. The van der Waals surface area contributed by atoms with Gasteiger partial charge in [-0.2, -0.15) is 8.78 Å². The number of fused-ring (bicyclic) bond motifs is 1. The minimum atomic E-state index is -3.00. The second-order valence-electron chi connectivity index (χ2n) is 10.5. The largest absolute Gasteiger partial charge is 0.487 e. The molecule has 1 heterocycles. The quantitative estimate of drug-likeness (QED) is 0.0760. The number of aromatic nitrogens is 1. The average Bonchev–Trinajstić information content (AvgIpc) is 3.02. The van der Waals surface area contributed by atoms with E-state index in [9.17, 15) is 18.4 Å². The van der Waals surface area contributed by atoms with Gasteiger partial charge in [0.1, 0.15) is 19.0 Å². The Morgan fingerprint density at radius 3 is 2.37 bits per heavy atom. The van der Waals surface area contributed by atoms with Crippen LogP contribution in [0.1, 0.15) is 47.2 Å². The summed E-state index contributed by atoms with van der Waals surface area (Å²) in [5, 5.41) is 0.631. The van der Waals surface area contributed by atoms with Crippen molar-refractivity contribution in [2.24, 2.45) is 0 Å². The number of alkyl halides is 2. The predicted octanol–water partition coefficient (Wildman–Crippen LogP) is 7.15. The Bertz CT molecular complexity index is 1520. The third-order valence-electron chi connectivity index (χ3n) is 7.14. The number of ketones is 1. The highest BCUT2D eigenvalue weighted by Gasteiger charge is 2.31. The van der Waals surface area contributed by atoms with Gasteiger partial charge in [-0.05, 0) is 43.1 Å². The first-order valence-corrected chi connectivity index (χ1v) is 14.6. The Kier molecular flexibility index (Phi) is 11.8. The minimum Gasteiger partial charge on any atom is -0.487 e. The average molecular weight is 589 g/mol. The smallest absolute Gasteiger partial charge is 0.296 e. The van der Waals surface area contributed by atoms with Gasteiger partial charge >= 0.3 is 0 Å². The predicted molar refractivity (Wildman–Crippen MR) is 166 cm³/mol. The summed E-state index contributed by atoms with van der Waals surface area (Å²) in [6, 6.07) is 24.0. The zero-order chi connectivity index (χ0) is 30.5. The van der Waals surface area contributed by atoms with Crippen LogP contribution in [0.4, 0.5) is 8.78 Å². The molecule has 0 aliphatic heterocycles. The Labute approximate surface area is 251 Å². The SMILES string of the molecule is C=CCN(CCCCCCOCC(F)(F)c1ccccc1)CC(=O)c1ccc(OCc2ccccc2)c2[nH]c(=O)ccc12. The number of carbonyl (C=O) groups is 1. The van der Waals surface area contributed by atoms with Gasteiger partial charge in [-0.1, -0.05) is 79.6 Å². The van der Waals surface area contributed by atoms with Crippen molar-refractivity contribution in [3.63, 3.8) is 0 Å². The molecule has 0 spiro atoms. The van der Waals surface area contributed by atoms with Crippen molar-refractivity contribution >= 4 is 16.7 Å². The van der Waals surface area contributed by atoms with E-state index in [-0.39, 0.29) is 30.1 Å². The molecule has 3 aromatic carbocycles. The van der Waals surface area contributed by atoms with Crippen LogP contribution in [-0.2, 0) is 17.3 Å². The summed E-state index contributed by atoms with van der Waals surface area (Å²) < 4.78 is 39.7. The maximum absolute atomic E-state index is 14.2. The highest BCUT2D eigenvalue weighted by Crippen LogP contribution is 2.29. The van der Waals surface area contributed by atoms with Crippen molar-refractivity contribution in [1.29, 1.82) is 0 Å². The van der Waals surface area contributed by atoms with Gasteiger partial charge in [-0.25, -0.2) is 0 Å². The lowest BCUT2D eigenvalue weighted by atomic mass is 10.0. The van der Waals surface area contributed by atoms with E-state index in [1.165, 1.54) is 18.2 Å². The Morgan fingerprint density at radius 1 is 0.907 bits per heavy atom. The molecule has 0 amide bonds. The maximum Gasteiger partial charge on any atom is 0.296 e. The molecular formula is C35H38F2N2O4. The molecule has 0 fully saturated rings. The highest BCUT2D eigenvalue weighted by molar-refractivity contribution is 6.09. The van der Waals surface area contributed by atoms with E-state index in [0.717, 1.165) is 24.8 Å². The first-order chi connectivity index (χ1) is 20.9. The van der Waals surface area contributed by atoms with Crippen molar-refractivity contribution in [3.05, 3.63) is 125 Å². The number of rotatable bonds is 18. The van der Waals surface area contributed by atoms with Crippen LogP contribution < -0.4 is 10.3 Å². The monoisotopic (exact) mass is 588 g/mol. The molecule has 4 aromatic rings. The summed E-state index contributed by atoms with van der Waals surface area (Å²) >= 11 is 0. The Morgan fingerprint density at radius 2 is 1.63 bits per heavy atom. The number of aromatic amines is 1. The lowest BCUT2D eigenvalue weighted by Gasteiger charge is -2.20. The van der Waals surface area contributed by atoms with Crippen molar-refractivity contribution in [2.75, 3.05) is 32.8 Å². The van der Waals surface area contributed by atoms with Gasteiger partial charge in [-0.15, -0.1) is 6.58 Å². The van der Waals surface area contributed by atoms with Crippen LogP contribution in [0.5, 0.6) is 5.75 Å². The summed E-state index contributed by atoms with van der Waals surface area (Å²) in [4.78, 5) is 30.4. The van der Waals surface area contributed by atoms with Crippen LogP contribution in [-0.4, -0.2) is 48.5 Å². The van der Waals surface area contributed by atoms with Gasteiger partial charge in [-0.3, -0.25) is 14.5 Å². The Balaban J connectivity index is 1.26. The zero-order valence-electron chi connectivity index (χ0n) is 24.3. The summed E-state index contributed by atoms with van der Waals surface area (Å²) in [5.41, 5.74) is 1.68. The van der Waals surface area contributed by atoms with Crippen molar-refractivity contribution in [2.45, 2.75) is 38.2 Å². The van der Waals surface area contributed by atoms with Gasteiger partial charge in [0.25, 0.3) is 5.92 Å². The number of ether oxygens (including phenoxy) is 2. The van der Waals surface area contributed by atoms with E-state index >= 15 is 0 Å². The zero-order valence-corrected chi connectivity index (χ0v) is 24.3. The number of hydrogen-bond acceptors (Lipinski definition) is 5. The van der Waals surface area contributed by atoms with Gasteiger partial charge < -0.3 is 14.5 Å². The summed E-state index contributed by atoms with van der Waals surface area (Å²) in [6.45, 7) is 5.25. The summed E-state index contributed by atoms with van der Waals surface area (Å²) in [6.07, 6.45) is 5.03. The molecule has 4 rings (SSSR count). The normalized spacial score (nSPS) is 11.6. The standard InChI is InChI=1S/C35H38F2N2O4/c1-2-21-39(22-11-3-4-12-23-42-26-35(36,37)28-15-9-6-10-16-28)24-31(40)29-17-19-32(34-30(29)18-20-33(41)38-34)43-25-27-13-7-5-8-14-27/h2,5-10,13-20H,1,3-4,11-12,21-26H2,(H,38,41). The number of unbranched alkanes of at least 4 members (excludes halogenated alkanes) is 3. The number of hydrogen-bond donors (Lipinski definition) is 1. The molecule has 226 valence electrons. The van der Waals surface area contributed by atoms with Crippen LogP contribution >= 0.6 is 0 Å². The number of benzene rings is 3. The molecule has 0 bridgehead atoms. The van der Waals surface area contributed by atoms with Crippen LogP contribution in [0.25, 0.3) is 10.9 Å². The fraction of sp³-hybridized carbons (Fsp3) is 0.314. The Hall–Kier alpha value is -4.14. The first kappa shape index (κ1) is 31.8. The molecule has 6 nitrogen and oxygen atoms in total. The fourth-order valence-electron chi connectivity index (χ4n) is 4.89. The number of carbonyl (C=O) groups excluding carboxylic acids is 1. The lowest BCUT2D eigenvalue weighted by molar-refractivity contribution is -0.0831. The highest BCUT2D eigenvalue weighted by atomic mass is 19.3. The molecule has 8 heteroatoms. The molecule has 0 aliphatic rings. The second kappa shape index (κ2) is 15.9. The van der Waals surface area contributed by atoms with E-state index in [4.69, 9.17) is 9.47 Å². The molecule has 0 saturated heterocycles. The summed E-state index contributed by atoms with van der Waals surface area (Å²) in [5.74, 6) is -2.57. The van der Waals surface area contributed by atoms with Crippen LogP contribution in [0.15, 0.2) is 102 Å². The number of Topliss-reactive ketones (excluding diaryl/α,β-unsaturated/α-hetero) is 1. The number of nitrogens with one attached hydrogen (secondary N) is 1. The van der Waals surface area contributed by atoms with Gasteiger partial charge in [0.05, 0.1) is 12.1 Å². The maximum atomic E-state index is 14.2. The molecule has 0 unspecified atom stereocenters. The van der Waals surface area contributed by atoms with Gasteiger partial charge in [0.2, 0.25) is 5.56 Å².